The van der Waals surface area contributed by atoms with Crippen molar-refractivity contribution in [3.63, 3.8) is 0 Å². The fraction of sp³-hybridized carbons (Fsp3) is 0.647. The van der Waals surface area contributed by atoms with Gasteiger partial charge in [-0.3, -0.25) is 0 Å². The third-order valence-corrected chi connectivity index (χ3v) is 5.43. The molecule has 1 rings (SSSR count). The first-order chi connectivity index (χ1) is 20.2. The Kier molecular flexibility index (Phi) is 30.5. The van der Waals surface area contributed by atoms with Crippen LogP contribution in [0.1, 0.15) is 91.1 Å². The summed E-state index contributed by atoms with van der Waals surface area (Å²) >= 11 is 0. The molecule has 0 saturated carbocycles. The molecule has 8 nitrogen and oxygen atoms in total. The summed E-state index contributed by atoms with van der Waals surface area (Å²) in [6, 6.07) is 3.77. The molecule has 0 radical (unpaired) electrons. The number of esters is 1. The Balaban J connectivity index is -0.000000796. The highest BCUT2D eigenvalue weighted by atomic mass is 16.5. The number of carbonyl (C=O) groups excluding carboxylic acids is 2. The van der Waals surface area contributed by atoms with Crippen molar-refractivity contribution in [2.45, 2.75) is 81.6 Å². The second-order valence-corrected chi connectivity index (χ2v) is 9.21. The molecule has 1 atom stereocenters. The van der Waals surface area contributed by atoms with Crippen molar-refractivity contribution < 1.29 is 33.3 Å². The van der Waals surface area contributed by atoms with E-state index in [9.17, 15) is 9.59 Å². The second kappa shape index (κ2) is 29.5. The minimum Gasteiger partial charge on any atom is -0.495 e. The van der Waals surface area contributed by atoms with Gasteiger partial charge in [-0.2, -0.15) is 0 Å². The minimum atomic E-state index is -0.427. The number of allylic oxidation sites excluding steroid dienone is 1. The maximum Gasteiger partial charge on any atom is 0.409 e. The lowest BCUT2D eigenvalue weighted by molar-refractivity contribution is 0.0464. The van der Waals surface area contributed by atoms with E-state index in [1.54, 1.807) is 20.2 Å². The SMILES string of the molecule is C=CCOc1ccc(CCC(C)C)c(OC)c1C(=O)OCC(C)/C=C/C.CC.CC.CCOCCCN(C)C(=O)OC. The Labute approximate surface area is 257 Å². The van der Waals surface area contributed by atoms with Gasteiger partial charge in [0.15, 0.2) is 0 Å². The minimum absolute atomic E-state index is 0.150. The molecule has 42 heavy (non-hydrogen) atoms. The number of nitrogens with zero attached hydrogens (tertiary/aromatic N) is 1. The van der Waals surface area contributed by atoms with E-state index in [1.807, 2.05) is 72.8 Å². The summed E-state index contributed by atoms with van der Waals surface area (Å²) in [7, 11) is 4.66. The predicted octanol–water partition coefficient (Wildman–Crippen LogP) is 8.38. The molecule has 0 aromatic heterocycles. The van der Waals surface area contributed by atoms with Gasteiger partial charge in [-0.05, 0) is 50.7 Å². The number of amides is 1. The van der Waals surface area contributed by atoms with Gasteiger partial charge in [-0.15, -0.1) is 0 Å². The smallest absolute Gasteiger partial charge is 0.409 e. The van der Waals surface area contributed by atoms with Crippen LogP contribution in [0, 0.1) is 11.8 Å². The molecule has 244 valence electrons. The van der Waals surface area contributed by atoms with Gasteiger partial charge in [-0.1, -0.05) is 79.3 Å². The molecule has 0 N–H and O–H groups in total. The van der Waals surface area contributed by atoms with Gasteiger partial charge in [0.05, 0.1) is 20.8 Å². The Morgan fingerprint density at radius 1 is 1.07 bits per heavy atom. The fourth-order valence-electron chi connectivity index (χ4n) is 3.40. The molecule has 0 spiro atoms. The summed E-state index contributed by atoms with van der Waals surface area (Å²) in [5, 5.41) is 0. The largest absolute Gasteiger partial charge is 0.495 e. The van der Waals surface area contributed by atoms with Gasteiger partial charge in [0.1, 0.15) is 23.7 Å². The molecule has 0 heterocycles. The zero-order valence-corrected chi connectivity index (χ0v) is 28.7. The van der Waals surface area contributed by atoms with E-state index in [-0.39, 0.29) is 12.0 Å². The van der Waals surface area contributed by atoms with Crippen molar-refractivity contribution in [3.8, 4) is 11.5 Å². The van der Waals surface area contributed by atoms with Gasteiger partial charge < -0.3 is 28.6 Å². The topological polar surface area (TPSA) is 83.5 Å². The summed E-state index contributed by atoms with van der Waals surface area (Å²) < 4.78 is 26.4. The van der Waals surface area contributed by atoms with Gasteiger partial charge in [-0.25, -0.2) is 9.59 Å². The molecular weight excluding hydrogens is 534 g/mol. The number of methoxy groups -OCH3 is 2. The molecule has 8 heteroatoms. The van der Waals surface area contributed by atoms with Crippen molar-refractivity contribution in [1.29, 1.82) is 0 Å². The summed E-state index contributed by atoms with van der Waals surface area (Å²) in [5.74, 6) is 1.28. The zero-order valence-electron chi connectivity index (χ0n) is 28.7. The van der Waals surface area contributed by atoms with E-state index in [4.69, 9.17) is 18.9 Å². The van der Waals surface area contributed by atoms with Crippen LogP contribution in [0.5, 0.6) is 11.5 Å². The molecule has 0 fully saturated rings. The van der Waals surface area contributed by atoms with E-state index < -0.39 is 5.97 Å². The van der Waals surface area contributed by atoms with Crippen molar-refractivity contribution in [2.75, 3.05) is 54.2 Å². The lowest BCUT2D eigenvalue weighted by atomic mass is 9.99. The van der Waals surface area contributed by atoms with Gasteiger partial charge >= 0.3 is 12.1 Å². The number of carbonyl (C=O) groups is 2. The lowest BCUT2D eigenvalue weighted by Crippen LogP contribution is -2.28. The lowest BCUT2D eigenvalue weighted by Gasteiger charge is -2.18. The maximum atomic E-state index is 12.8. The first-order valence-electron chi connectivity index (χ1n) is 15.3. The summed E-state index contributed by atoms with van der Waals surface area (Å²) in [6.45, 7) is 24.6. The monoisotopic (exact) mass is 595 g/mol. The molecule has 0 aliphatic carbocycles. The van der Waals surface area contributed by atoms with E-state index in [0.29, 0.717) is 49.3 Å². The molecule has 1 aromatic carbocycles. The van der Waals surface area contributed by atoms with Crippen LogP contribution in [-0.4, -0.2) is 71.2 Å². The Hall–Kier alpha value is -3.00. The van der Waals surface area contributed by atoms with Crippen molar-refractivity contribution in [3.05, 3.63) is 48.1 Å². The fourth-order valence-corrected chi connectivity index (χ4v) is 3.40. The molecule has 0 aliphatic rings. The predicted molar refractivity (Wildman–Crippen MR) is 175 cm³/mol. The van der Waals surface area contributed by atoms with Gasteiger partial charge in [0, 0.05) is 32.7 Å². The summed E-state index contributed by atoms with van der Waals surface area (Å²) in [6.07, 6.45) is 7.98. The van der Waals surface area contributed by atoms with Crippen LogP contribution < -0.4 is 9.47 Å². The Bertz CT molecular complexity index is 853. The van der Waals surface area contributed by atoms with Crippen LogP contribution in [-0.2, 0) is 20.6 Å². The van der Waals surface area contributed by atoms with Crippen LogP contribution in [0.25, 0.3) is 0 Å². The number of aryl methyl sites for hydroxylation is 1. The number of benzene rings is 1. The third-order valence-electron chi connectivity index (χ3n) is 5.43. The van der Waals surface area contributed by atoms with E-state index in [1.165, 1.54) is 12.0 Å². The quantitative estimate of drug-likeness (QED) is 0.108. The molecule has 0 bridgehead atoms. The standard InChI is InChI=1S/C22H32O4.C8H17NO3.2C2H6/c1-7-9-17(5)15-26-22(23)20-19(25-14-8-2)13-12-18(21(20)24-6)11-10-16(3)4;1-4-12-7-5-6-9(2)8(10)11-3;2*1-2/h7-9,12-13,16-17H,2,10-11,14-15H2,1,3-6H3;4-7H2,1-3H3;2*1-2H3/b9-7+;;;. The number of rotatable bonds is 16. The van der Waals surface area contributed by atoms with Gasteiger partial charge in [0.2, 0.25) is 0 Å². The van der Waals surface area contributed by atoms with E-state index in [2.05, 4.69) is 25.2 Å². The molecule has 1 amide bonds. The summed E-state index contributed by atoms with van der Waals surface area (Å²) in [5.41, 5.74) is 1.34. The maximum absolute atomic E-state index is 12.8. The third kappa shape index (κ3) is 20.0. The van der Waals surface area contributed by atoms with Crippen LogP contribution in [0.4, 0.5) is 4.79 Å². The van der Waals surface area contributed by atoms with Crippen LogP contribution >= 0.6 is 0 Å². The average molecular weight is 596 g/mol. The highest BCUT2D eigenvalue weighted by Gasteiger charge is 2.23. The van der Waals surface area contributed by atoms with Crippen LogP contribution in [0.2, 0.25) is 0 Å². The van der Waals surface area contributed by atoms with Crippen molar-refractivity contribution >= 4 is 12.1 Å². The number of ether oxygens (including phenoxy) is 5. The number of hydrogen-bond donors (Lipinski definition) is 0. The molecular formula is C34H61NO7. The Morgan fingerprint density at radius 2 is 1.71 bits per heavy atom. The molecule has 1 unspecified atom stereocenters. The van der Waals surface area contributed by atoms with Crippen molar-refractivity contribution in [2.24, 2.45) is 11.8 Å². The summed E-state index contributed by atoms with van der Waals surface area (Å²) in [4.78, 5) is 25.1. The van der Waals surface area contributed by atoms with Gasteiger partial charge in [0.25, 0.3) is 0 Å². The van der Waals surface area contributed by atoms with Crippen LogP contribution in [0.3, 0.4) is 0 Å². The second-order valence-electron chi connectivity index (χ2n) is 9.21. The average Bonchev–Trinajstić information content (AvgIpc) is 3.01. The highest BCUT2D eigenvalue weighted by molar-refractivity contribution is 5.96. The van der Waals surface area contributed by atoms with E-state index in [0.717, 1.165) is 31.4 Å². The first-order valence-corrected chi connectivity index (χ1v) is 15.3. The first kappa shape index (κ1) is 43.5. The highest BCUT2D eigenvalue weighted by Crippen LogP contribution is 2.34. The molecule has 0 saturated heterocycles. The Morgan fingerprint density at radius 3 is 2.21 bits per heavy atom. The van der Waals surface area contributed by atoms with E-state index >= 15 is 0 Å². The van der Waals surface area contributed by atoms with Crippen molar-refractivity contribution in [1.82, 2.24) is 4.90 Å². The molecule has 1 aromatic rings. The molecule has 0 aliphatic heterocycles. The number of hydrogen-bond acceptors (Lipinski definition) is 7. The normalized spacial score (nSPS) is 10.6. The zero-order chi connectivity index (χ0) is 32.9. The van der Waals surface area contributed by atoms with Crippen LogP contribution in [0.15, 0.2) is 36.9 Å².